The van der Waals surface area contributed by atoms with Crippen LogP contribution in [0.15, 0.2) is 18.3 Å². The zero-order valence-corrected chi connectivity index (χ0v) is 13.7. The molecule has 0 aliphatic carbocycles. The first-order valence-electron chi connectivity index (χ1n) is 8.08. The molecule has 1 aromatic heterocycles. The summed E-state index contributed by atoms with van der Waals surface area (Å²) < 4.78 is 2.09. The van der Waals surface area contributed by atoms with Crippen LogP contribution in [0.1, 0.15) is 61.0 Å². The summed E-state index contributed by atoms with van der Waals surface area (Å²) >= 11 is 0. The van der Waals surface area contributed by atoms with Gasteiger partial charge < -0.3 is 15.4 Å². The Labute approximate surface area is 131 Å². The number of fused-ring (bicyclic) bond motifs is 1. The Morgan fingerprint density at radius 1 is 1.36 bits per heavy atom. The molecule has 0 saturated heterocycles. The number of nitrogens with zero attached hydrogens (tertiary/aromatic N) is 1. The van der Waals surface area contributed by atoms with E-state index in [9.17, 15) is 9.90 Å². The number of aromatic carboxylic acids is 1. The molecule has 0 radical (unpaired) electrons. The molecule has 0 spiro atoms. The number of rotatable bonds is 7. The Kier molecular flexibility index (Phi) is 5.24. The largest absolute Gasteiger partial charge is 0.478 e. The SMILES string of the molecule is CCCCn1cc(CCN)c2cc(C(C)C)cc(C(=O)O)c21. The van der Waals surface area contributed by atoms with Crippen LogP contribution in [-0.4, -0.2) is 22.2 Å². The second-order valence-corrected chi connectivity index (χ2v) is 6.16. The van der Waals surface area contributed by atoms with Gasteiger partial charge in [-0.25, -0.2) is 4.79 Å². The van der Waals surface area contributed by atoms with Gasteiger partial charge in [0.15, 0.2) is 0 Å². The molecule has 1 heterocycles. The molecule has 0 amide bonds. The highest BCUT2D eigenvalue weighted by molar-refractivity contribution is 6.04. The van der Waals surface area contributed by atoms with E-state index in [2.05, 4.69) is 37.6 Å². The lowest BCUT2D eigenvalue weighted by Gasteiger charge is -2.11. The molecule has 0 fully saturated rings. The molecule has 1 aromatic carbocycles. The molecular weight excluding hydrogens is 276 g/mol. The van der Waals surface area contributed by atoms with Crippen molar-refractivity contribution in [1.82, 2.24) is 4.57 Å². The lowest BCUT2D eigenvalue weighted by molar-refractivity contribution is 0.0698. The first-order chi connectivity index (χ1) is 10.5. The summed E-state index contributed by atoms with van der Waals surface area (Å²) in [6.45, 7) is 7.73. The van der Waals surface area contributed by atoms with E-state index in [1.165, 1.54) is 0 Å². The third kappa shape index (κ3) is 3.17. The van der Waals surface area contributed by atoms with Crippen LogP contribution in [0, 0.1) is 0 Å². The van der Waals surface area contributed by atoms with Gasteiger partial charge in [-0.3, -0.25) is 0 Å². The van der Waals surface area contributed by atoms with Crippen LogP contribution in [0.4, 0.5) is 0 Å². The van der Waals surface area contributed by atoms with Crippen LogP contribution in [-0.2, 0) is 13.0 Å². The van der Waals surface area contributed by atoms with E-state index in [0.29, 0.717) is 18.0 Å². The fourth-order valence-electron chi connectivity index (χ4n) is 2.89. The smallest absolute Gasteiger partial charge is 0.337 e. The molecule has 3 N–H and O–H groups in total. The van der Waals surface area contributed by atoms with Crippen molar-refractivity contribution in [2.75, 3.05) is 6.54 Å². The lowest BCUT2D eigenvalue weighted by Crippen LogP contribution is -2.05. The fourth-order valence-corrected chi connectivity index (χ4v) is 2.89. The Morgan fingerprint density at radius 3 is 2.64 bits per heavy atom. The van der Waals surface area contributed by atoms with Crippen molar-refractivity contribution in [1.29, 1.82) is 0 Å². The third-order valence-corrected chi connectivity index (χ3v) is 4.14. The molecule has 0 bridgehead atoms. The molecule has 4 heteroatoms. The maximum Gasteiger partial charge on any atom is 0.337 e. The van der Waals surface area contributed by atoms with Crippen molar-refractivity contribution < 1.29 is 9.90 Å². The quantitative estimate of drug-likeness (QED) is 0.818. The summed E-state index contributed by atoms with van der Waals surface area (Å²) in [5, 5.41) is 10.7. The van der Waals surface area contributed by atoms with Crippen LogP contribution in [0.2, 0.25) is 0 Å². The molecular formula is C18H26N2O2. The average Bonchev–Trinajstić information content (AvgIpc) is 2.82. The van der Waals surface area contributed by atoms with Crippen LogP contribution in [0.5, 0.6) is 0 Å². The summed E-state index contributed by atoms with van der Waals surface area (Å²) in [5.74, 6) is -0.560. The first-order valence-corrected chi connectivity index (χ1v) is 8.08. The van der Waals surface area contributed by atoms with Crippen molar-refractivity contribution in [2.45, 2.75) is 52.5 Å². The van der Waals surface area contributed by atoms with Crippen molar-refractivity contribution in [3.63, 3.8) is 0 Å². The van der Waals surface area contributed by atoms with Gasteiger partial charge in [-0.05, 0) is 48.6 Å². The highest BCUT2D eigenvalue weighted by Gasteiger charge is 2.18. The minimum atomic E-state index is -0.859. The van der Waals surface area contributed by atoms with Gasteiger partial charge in [0.2, 0.25) is 0 Å². The predicted molar refractivity (Wildman–Crippen MR) is 90.7 cm³/mol. The second-order valence-electron chi connectivity index (χ2n) is 6.16. The number of unbranched alkanes of at least 4 members (excludes halogenated alkanes) is 1. The van der Waals surface area contributed by atoms with E-state index in [4.69, 9.17) is 5.73 Å². The number of nitrogens with two attached hydrogens (primary N) is 1. The summed E-state index contributed by atoms with van der Waals surface area (Å²) in [4.78, 5) is 11.7. The van der Waals surface area contributed by atoms with Gasteiger partial charge in [0.25, 0.3) is 0 Å². The van der Waals surface area contributed by atoms with E-state index in [-0.39, 0.29) is 0 Å². The summed E-state index contributed by atoms with van der Waals surface area (Å²) in [7, 11) is 0. The molecule has 0 aliphatic heterocycles. The fraction of sp³-hybridized carbons (Fsp3) is 0.500. The van der Waals surface area contributed by atoms with Gasteiger partial charge in [0.1, 0.15) is 0 Å². The van der Waals surface area contributed by atoms with Crippen molar-refractivity contribution >= 4 is 16.9 Å². The van der Waals surface area contributed by atoms with E-state index in [0.717, 1.165) is 47.8 Å². The van der Waals surface area contributed by atoms with Crippen LogP contribution < -0.4 is 5.73 Å². The maximum absolute atomic E-state index is 11.7. The molecule has 0 unspecified atom stereocenters. The van der Waals surface area contributed by atoms with Crippen molar-refractivity contribution in [3.05, 3.63) is 35.0 Å². The number of carbonyl (C=O) groups is 1. The maximum atomic E-state index is 11.7. The Hall–Kier alpha value is -1.81. The summed E-state index contributed by atoms with van der Waals surface area (Å²) in [6.07, 6.45) is 4.98. The van der Waals surface area contributed by atoms with Gasteiger partial charge in [0.05, 0.1) is 11.1 Å². The van der Waals surface area contributed by atoms with E-state index in [1.54, 1.807) is 0 Å². The van der Waals surface area contributed by atoms with Crippen LogP contribution in [0.3, 0.4) is 0 Å². The second kappa shape index (κ2) is 6.97. The Bertz CT molecular complexity index is 671. The van der Waals surface area contributed by atoms with Gasteiger partial charge in [-0.15, -0.1) is 0 Å². The number of hydrogen-bond donors (Lipinski definition) is 2. The zero-order valence-electron chi connectivity index (χ0n) is 13.7. The monoisotopic (exact) mass is 302 g/mol. The van der Waals surface area contributed by atoms with E-state index >= 15 is 0 Å². The minimum Gasteiger partial charge on any atom is -0.478 e. The lowest BCUT2D eigenvalue weighted by atomic mass is 9.96. The topological polar surface area (TPSA) is 68.2 Å². The predicted octanol–water partition coefficient (Wildman–Crippen LogP) is 3.76. The Balaban J connectivity index is 2.73. The van der Waals surface area contributed by atoms with Gasteiger partial charge >= 0.3 is 5.97 Å². The molecule has 0 atom stereocenters. The van der Waals surface area contributed by atoms with Gasteiger partial charge in [-0.1, -0.05) is 27.2 Å². The molecule has 4 nitrogen and oxygen atoms in total. The summed E-state index contributed by atoms with van der Waals surface area (Å²) in [6, 6.07) is 3.96. The van der Waals surface area contributed by atoms with Crippen LogP contribution in [0.25, 0.3) is 10.9 Å². The number of aromatic nitrogens is 1. The number of hydrogen-bond acceptors (Lipinski definition) is 2. The van der Waals surface area contributed by atoms with Crippen molar-refractivity contribution in [2.24, 2.45) is 5.73 Å². The van der Waals surface area contributed by atoms with Gasteiger partial charge in [0, 0.05) is 18.1 Å². The molecule has 2 rings (SSSR count). The minimum absolute atomic E-state index is 0.298. The van der Waals surface area contributed by atoms with Crippen molar-refractivity contribution in [3.8, 4) is 0 Å². The number of benzene rings is 1. The molecule has 2 aromatic rings. The highest BCUT2D eigenvalue weighted by Crippen LogP contribution is 2.30. The highest BCUT2D eigenvalue weighted by atomic mass is 16.4. The van der Waals surface area contributed by atoms with E-state index < -0.39 is 5.97 Å². The molecule has 22 heavy (non-hydrogen) atoms. The molecule has 0 aliphatic rings. The molecule has 120 valence electrons. The normalized spacial score (nSPS) is 11.5. The van der Waals surface area contributed by atoms with Gasteiger partial charge in [-0.2, -0.15) is 0 Å². The Morgan fingerprint density at radius 2 is 2.09 bits per heavy atom. The van der Waals surface area contributed by atoms with E-state index in [1.807, 2.05) is 6.07 Å². The standard InChI is InChI=1S/C18H26N2O2/c1-4-5-8-20-11-13(6-7-19)15-9-14(12(2)3)10-16(17(15)20)18(21)22/h9-12H,4-8,19H2,1-3H3,(H,21,22). The number of aryl methyl sites for hydroxylation is 1. The first kappa shape index (κ1) is 16.6. The summed E-state index contributed by atoms with van der Waals surface area (Å²) in [5.41, 5.74) is 9.19. The number of carboxylic acids is 1. The average molecular weight is 302 g/mol. The molecule has 0 saturated carbocycles. The zero-order chi connectivity index (χ0) is 16.3. The number of carboxylic acid groups (broad SMARTS) is 1. The third-order valence-electron chi connectivity index (χ3n) is 4.14. The van der Waals surface area contributed by atoms with Crippen LogP contribution >= 0.6 is 0 Å².